The summed E-state index contributed by atoms with van der Waals surface area (Å²) in [5, 5.41) is 6.76. The van der Waals surface area contributed by atoms with E-state index in [2.05, 4.69) is 40.7 Å². The number of hydrogen-bond acceptors (Lipinski definition) is 4. The Morgan fingerprint density at radius 3 is 2.79 bits per heavy atom. The Morgan fingerprint density at radius 1 is 1.18 bits per heavy atom. The van der Waals surface area contributed by atoms with Crippen LogP contribution >= 0.6 is 0 Å². The second-order valence-corrected chi connectivity index (χ2v) is 7.70. The van der Waals surface area contributed by atoms with Crippen LogP contribution in [0, 0.1) is 6.92 Å². The van der Waals surface area contributed by atoms with Crippen LogP contribution in [0.5, 0.6) is 5.75 Å². The highest BCUT2D eigenvalue weighted by Crippen LogP contribution is 2.24. The van der Waals surface area contributed by atoms with E-state index in [9.17, 15) is 0 Å². The minimum absolute atomic E-state index is 0.151. The maximum atomic E-state index is 6.17. The normalized spacial score (nSPS) is 20.5. The zero-order valence-corrected chi connectivity index (χ0v) is 17.3. The van der Waals surface area contributed by atoms with Gasteiger partial charge in [0.1, 0.15) is 11.9 Å². The third-order valence-electron chi connectivity index (χ3n) is 5.34. The zero-order chi connectivity index (χ0) is 19.6. The van der Waals surface area contributed by atoms with E-state index < -0.39 is 0 Å². The van der Waals surface area contributed by atoms with E-state index in [1.807, 2.05) is 0 Å². The van der Waals surface area contributed by atoms with Crippen molar-refractivity contribution in [3.8, 4) is 5.75 Å². The first-order valence-corrected chi connectivity index (χ1v) is 10.6. The maximum Gasteiger partial charge on any atom is 0.191 e. The van der Waals surface area contributed by atoms with Crippen molar-refractivity contribution >= 4 is 5.96 Å². The van der Waals surface area contributed by atoms with Crippen molar-refractivity contribution < 1.29 is 14.2 Å². The molecule has 0 radical (unpaired) electrons. The Bertz CT molecular complexity index is 623. The second-order valence-electron chi connectivity index (χ2n) is 7.70. The lowest BCUT2D eigenvalue weighted by Gasteiger charge is -2.18. The van der Waals surface area contributed by atoms with Crippen molar-refractivity contribution in [2.75, 3.05) is 33.4 Å². The van der Waals surface area contributed by atoms with Gasteiger partial charge in [-0.3, -0.25) is 4.99 Å². The predicted octanol–water partition coefficient (Wildman–Crippen LogP) is 3.18. The fraction of sp³-hybridized carbons (Fsp3) is 0.682. The van der Waals surface area contributed by atoms with Gasteiger partial charge >= 0.3 is 0 Å². The molecule has 2 fully saturated rings. The Labute approximate surface area is 169 Å². The number of hydrogen-bond donors (Lipinski definition) is 2. The van der Waals surface area contributed by atoms with E-state index in [4.69, 9.17) is 14.2 Å². The molecule has 156 valence electrons. The molecule has 6 nitrogen and oxygen atoms in total. The third-order valence-corrected chi connectivity index (χ3v) is 5.34. The molecule has 1 saturated heterocycles. The van der Waals surface area contributed by atoms with Gasteiger partial charge in [-0.1, -0.05) is 25.0 Å². The summed E-state index contributed by atoms with van der Waals surface area (Å²) >= 11 is 0. The molecule has 1 heterocycles. The highest BCUT2D eigenvalue weighted by atomic mass is 16.5. The third kappa shape index (κ3) is 6.67. The maximum absolute atomic E-state index is 6.17. The monoisotopic (exact) mass is 389 g/mol. The van der Waals surface area contributed by atoms with Gasteiger partial charge in [-0.15, -0.1) is 0 Å². The summed E-state index contributed by atoms with van der Waals surface area (Å²) in [4.78, 5) is 4.32. The summed E-state index contributed by atoms with van der Waals surface area (Å²) in [6, 6.07) is 6.34. The average molecular weight is 390 g/mol. The van der Waals surface area contributed by atoms with Crippen LogP contribution in [0.25, 0.3) is 0 Å². The minimum atomic E-state index is 0.151. The van der Waals surface area contributed by atoms with Gasteiger partial charge in [0, 0.05) is 38.7 Å². The first kappa shape index (κ1) is 20.9. The zero-order valence-electron chi connectivity index (χ0n) is 17.3. The van der Waals surface area contributed by atoms with E-state index in [1.54, 1.807) is 7.05 Å². The molecule has 1 saturated carbocycles. The van der Waals surface area contributed by atoms with Gasteiger partial charge in [0.2, 0.25) is 0 Å². The molecule has 28 heavy (non-hydrogen) atoms. The van der Waals surface area contributed by atoms with Crippen LogP contribution < -0.4 is 15.4 Å². The van der Waals surface area contributed by atoms with E-state index >= 15 is 0 Å². The summed E-state index contributed by atoms with van der Waals surface area (Å²) in [5.41, 5.74) is 2.33. The Balaban J connectivity index is 1.41. The largest absolute Gasteiger partial charge is 0.488 e. The van der Waals surface area contributed by atoms with Crippen molar-refractivity contribution in [1.82, 2.24) is 10.6 Å². The number of aryl methyl sites for hydroxylation is 1. The topological polar surface area (TPSA) is 64.1 Å². The molecule has 6 heteroatoms. The summed E-state index contributed by atoms with van der Waals surface area (Å²) in [6.45, 7) is 5.87. The van der Waals surface area contributed by atoms with Gasteiger partial charge in [-0.05, 0) is 37.8 Å². The highest BCUT2D eigenvalue weighted by molar-refractivity contribution is 5.79. The van der Waals surface area contributed by atoms with Gasteiger partial charge in [0.05, 0.1) is 19.3 Å². The lowest BCUT2D eigenvalue weighted by molar-refractivity contribution is 0.0574. The van der Waals surface area contributed by atoms with Crippen LogP contribution in [0.2, 0.25) is 0 Å². The number of nitrogens with one attached hydrogen (secondary N) is 2. The van der Waals surface area contributed by atoms with Crippen LogP contribution in [0.15, 0.2) is 23.2 Å². The van der Waals surface area contributed by atoms with E-state index in [0.29, 0.717) is 19.3 Å². The average Bonchev–Trinajstić information content (AvgIpc) is 3.39. The van der Waals surface area contributed by atoms with Gasteiger partial charge in [-0.25, -0.2) is 0 Å². The number of benzene rings is 1. The SMILES string of the molecule is CN=C(NCCCOC1CCCC1)NCc1ccc(C)cc1OC1CCOC1. The smallest absolute Gasteiger partial charge is 0.191 e. The highest BCUT2D eigenvalue weighted by Gasteiger charge is 2.19. The molecule has 3 rings (SSSR count). The van der Waals surface area contributed by atoms with Crippen LogP contribution in [0.1, 0.15) is 49.7 Å². The predicted molar refractivity (Wildman–Crippen MR) is 112 cm³/mol. The Kier molecular flexibility index (Phi) is 8.42. The Hall–Kier alpha value is -1.79. The molecule has 2 N–H and O–H groups in total. The van der Waals surface area contributed by atoms with Crippen LogP contribution in [0.4, 0.5) is 0 Å². The molecule has 1 aliphatic carbocycles. The standard InChI is InChI=1S/C22H35N3O3/c1-17-8-9-18(21(14-17)28-20-10-13-26-16-20)15-25-22(23-2)24-11-5-12-27-19-6-3-4-7-19/h8-9,14,19-20H,3-7,10-13,15-16H2,1-2H3,(H2,23,24,25). The van der Waals surface area contributed by atoms with E-state index in [-0.39, 0.29) is 6.10 Å². The summed E-state index contributed by atoms with van der Waals surface area (Å²) in [6.07, 6.45) is 7.66. The summed E-state index contributed by atoms with van der Waals surface area (Å²) in [7, 11) is 1.80. The molecule has 0 bridgehead atoms. The molecular formula is C22H35N3O3. The molecule has 2 aliphatic rings. The fourth-order valence-electron chi connectivity index (χ4n) is 3.69. The molecule has 0 spiro atoms. The second kappa shape index (κ2) is 11.3. The van der Waals surface area contributed by atoms with Gasteiger partial charge in [0.25, 0.3) is 0 Å². The quantitative estimate of drug-likeness (QED) is 0.386. The molecule has 1 atom stereocenters. The molecule has 1 aromatic rings. The number of aliphatic imine (C=N–C) groups is 1. The number of nitrogens with zero attached hydrogens (tertiary/aromatic N) is 1. The first-order chi connectivity index (χ1) is 13.7. The molecule has 0 amide bonds. The van der Waals surface area contributed by atoms with Crippen LogP contribution in [-0.4, -0.2) is 51.6 Å². The van der Waals surface area contributed by atoms with Crippen LogP contribution in [-0.2, 0) is 16.0 Å². The fourth-order valence-corrected chi connectivity index (χ4v) is 3.69. The van der Waals surface area contributed by atoms with Gasteiger partial charge in [0.15, 0.2) is 5.96 Å². The van der Waals surface area contributed by atoms with Crippen molar-refractivity contribution in [2.24, 2.45) is 4.99 Å². The lowest BCUT2D eigenvalue weighted by Crippen LogP contribution is -2.37. The molecule has 1 unspecified atom stereocenters. The number of rotatable bonds is 9. The molecule has 0 aromatic heterocycles. The van der Waals surface area contributed by atoms with Crippen molar-refractivity contribution in [3.05, 3.63) is 29.3 Å². The summed E-state index contributed by atoms with van der Waals surface area (Å²) in [5.74, 6) is 1.74. The van der Waals surface area contributed by atoms with Crippen molar-refractivity contribution in [2.45, 2.75) is 64.2 Å². The Morgan fingerprint density at radius 2 is 2.04 bits per heavy atom. The first-order valence-electron chi connectivity index (χ1n) is 10.6. The van der Waals surface area contributed by atoms with Crippen molar-refractivity contribution in [1.29, 1.82) is 0 Å². The lowest BCUT2D eigenvalue weighted by atomic mass is 10.1. The van der Waals surface area contributed by atoms with E-state index in [1.165, 1.54) is 31.2 Å². The molecule has 1 aromatic carbocycles. The van der Waals surface area contributed by atoms with Crippen LogP contribution in [0.3, 0.4) is 0 Å². The molecule has 1 aliphatic heterocycles. The minimum Gasteiger partial charge on any atom is -0.488 e. The van der Waals surface area contributed by atoms with Crippen molar-refractivity contribution in [3.63, 3.8) is 0 Å². The van der Waals surface area contributed by atoms with Gasteiger partial charge in [-0.2, -0.15) is 0 Å². The van der Waals surface area contributed by atoms with Gasteiger partial charge < -0.3 is 24.8 Å². The number of guanidine groups is 1. The number of ether oxygens (including phenoxy) is 3. The molecular weight excluding hydrogens is 354 g/mol. The van der Waals surface area contributed by atoms with E-state index in [0.717, 1.165) is 49.9 Å². The summed E-state index contributed by atoms with van der Waals surface area (Å²) < 4.78 is 17.5.